The highest BCUT2D eigenvalue weighted by Gasteiger charge is 2.25. The van der Waals surface area contributed by atoms with E-state index in [1.165, 1.54) is 11.3 Å². The van der Waals surface area contributed by atoms with Crippen LogP contribution in [-0.2, 0) is 11.3 Å². The zero-order chi connectivity index (χ0) is 20.1. The van der Waals surface area contributed by atoms with E-state index in [4.69, 9.17) is 0 Å². The summed E-state index contributed by atoms with van der Waals surface area (Å²) in [6, 6.07) is 19.4. The smallest absolute Gasteiger partial charge is 0.348 e. The van der Waals surface area contributed by atoms with Gasteiger partial charge in [0.25, 0.3) is 0 Å². The van der Waals surface area contributed by atoms with Crippen LogP contribution in [0.3, 0.4) is 0 Å². The molecular formula is C23H23NO3S. The topological polar surface area (TPSA) is 57.6 Å². The molecule has 5 heteroatoms. The maximum atomic E-state index is 12.9. The molecule has 0 spiro atoms. The summed E-state index contributed by atoms with van der Waals surface area (Å²) in [6.45, 7) is 4.31. The van der Waals surface area contributed by atoms with Gasteiger partial charge in [-0.05, 0) is 30.5 Å². The van der Waals surface area contributed by atoms with E-state index in [9.17, 15) is 14.7 Å². The molecule has 0 aliphatic carbocycles. The summed E-state index contributed by atoms with van der Waals surface area (Å²) < 4.78 is 0. The van der Waals surface area contributed by atoms with Crippen molar-refractivity contribution in [3.8, 4) is 10.4 Å². The molecule has 4 nitrogen and oxygen atoms in total. The number of hydrogen-bond donors (Lipinski definition) is 1. The van der Waals surface area contributed by atoms with Crippen molar-refractivity contribution < 1.29 is 14.7 Å². The summed E-state index contributed by atoms with van der Waals surface area (Å²) in [5.74, 6) is -1.08. The average Bonchev–Trinajstić information content (AvgIpc) is 3.14. The number of anilines is 1. The van der Waals surface area contributed by atoms with E-state index in [0.29, 0.717) is 25.1 Å². The molecule has 28 heavy (non-hydrogen) atoms. The van der Waals surface area contributed by atoms with E-state index >= 15 is 0 Å². The first-order chi connectivity index (χ1) is 13.5. The van der Waals surface area contributed by atoms with E-state index in [1.54, 1.807) is 4.90 Å². The van der Waals surface area contributed by atoms with Crippen molar-refractivity contribution in [3.05, 3.63) is 76.7 Å². The molecule has 0 aliphatic heterocycles. The molecule has 0 atom stereocenters. The van der Waals surface area contributed by atoms with E-state index in [0.717, 1.165) is 21.6 Å². The Morgan fingerprint density at radius 3 is 2.32 bits per heavy atom. The van der Waals surface area contributed by atoms with Crippen LogP contribution in [0.5, 0.6) is 0 Å². The van der Waals surface area contributed by atoms with Crippen LogP contribution in [0.4, 0.5) is 5.69 Å². The summed E-state index contributed by atoms with van der Waals surface area (Å²) in [4.78, 5) is 27.4. The molecule has 3 aromatic rings. The number of hydrogen-bond acceptors (Lipinski definition) is 3. The van der Waals surface area contributed by atoms with Crippen molar-refractivity contribution in [3.63, 3.8) is 0 Å². The molecule has 0 saturated carbocycles. The summed E-state index contributed by atoms with van der Waals surface area (Å²) in [5, 5.41) is 9.76. The highest BCUT2D eigenvalue weighted by Crippen LogP contribution is 2.38. The van der Waals surface area contributed by atoms with Crippen molar-refractivity contribution >= 4 is 28.9 Å². The Kier molecular flexibility index (Phi) is 6.26. The molecule has 0 fully saturated rings. The van der Waals surface area contributed by atoms with Crippen molar-refractivity contribution in [1.82, 2.24) is 0 Å². The molecule has 0 saturated heterocycles. The van der Waals surface area contributed by atoms with Gasteiger partial charge in [0.2, 0.25) is 5.91 Å². The standard InChI is InChI=1S/C23H23NO3S/c1-3-7-21(25)24(15-17-12-10-16(2)11-13-17)19-14-20(28-22(19)23(26)27)18-8-5-4-6-9-18/h4-6,8-14H,3,7,15H2,1-2H3,(H,26,27). The first-order valence-electron chi connectivity index (χ1n) is 9.28. The lowest BCUT2D eigenvalue weighted by Crippen LogP contribution is -2.30. The Bertz CT molecular complexity index is 961. The van der Waals surface area contributed by atoms with Gasteiger partial charge in [-0.15, -0.1) is 11.3 Å². The summed E-state index contributed by atoms with van der Waals surface area (Å²) >= 11 is 1.20. The molecule has 1 aromatic heterocycles. The van der Waals surface area contributed by atoms with Gasteiger partial charge in [0.05, 0.1) is 12.2 Å². The number of thiophene rings is 1. The van der Waals surface area contributed by atoms with Crippen LogP contribution in [0.25, 0.3) is 10.4 Å². The summed E-state index contributed by atoms with van der Waals surface area (Å²) in [5.41, 5.74) is 3.53. The SMILES string of the molecule is CCCC(=O)N(Cc1ccc(C)cc1)c1cc(-c2ccccc2)sc1C(=O)O. The Labute approximate surface area is 169 Å². The number of carboxylic acids is 1. The molecule has 1 amide bonds. The molecule has 0 unspecified atom stereocenters. The van der Waals surface area contributed by atoms with Crippen molar-refractivity contribution in [2.75, 3.05) is 4.90 Å². The first kappa shape index (κ1) is 19.8. The number of amides is 1. The number of aromatic carboxylic acids is 1. The van der Waals surface area contributed by atoms with Crippen LogP contribution in [0, 0.1) is 6.92 Å². The number of carbonyl (C=O) groups is 2. The van der Waals surface area contributed by atoms with Crippen LogP contribution in [-0.4, -0.2) is 17.0 Å². The number of aryl methyl sites for hydroxylation is 1. The van der Waals surface area contributed by atoms with Gasteiger partial charge >= 0.3 is 5.97 Å². The van der Waals surface area contributed by atoms with E-state index in [-0.39, 0.29) is 10.8 Å². The van der Waals surface area contributed by atoms with Crippen LogP contribution >= 0.6 is 11.3 Å². The van der Waals surface area contributed by atoms with Gasteiger partial charge in [-0.2, -0.15) is 0 Å². The quantitative estimate of drug-likeness (QED) is 0.555. The molecule has 2 aromatic carbocycles. The predicted octanol–water partition coefficient (Wildman–Crippen LogP) is 5.76. The average molecular weight is 394 g/mol. The van der Waals surface area contributed by atoms with Crippen LogP contribution in [0.2, 0.25) is 0 Å². The van der Waals surface area contributed by atoms with E-state index in [2.05, 4.69) is 0 Å². The van der Waals surface area contributed by atoms with Gasteiger partial charge in [-0.25, -0.2) is 4.79 Å². The molecule has 0 radical (unpaired) electrons. The number of carbonyl (C=O) groups excluding carboxylic acids is 1. The Morgan fingerprint density at radius 1 is 1.04 bits per heavy atom. The van der Waals surface area contributed by atoms with Crippen LogP contribution in [0.1, 0.15) is 40.6 Å². The fourth-order valence-corrected chi connectivity index (χ4v) is 4.02. The third kappa shape index (κ3) is 4.49. The highest BCUT2D eigenvalue weighted by molar-refractivity contribution is 7.18. The molecule has 144 valence electrons. The van der Waals surface area contributed by atoms with E-state index in [1.807, 2.05) is 74.5 Å². The minimum atomic E-state index is -1.01. The lowest BCUT2D eigenvalue weighted by atomic mass is 10.1. The largest absolute Gasteiger partial charge is 0.477 e. The number of carboxylic acid groups (broad SMARTS) is 1. The van der Waals surface area contributed by atoms with Gasteiger partial charge in [0.1, 0.15) is 4.88 Å². The van der Waals surface area contributed by atoms with Gasteiger partial charge in [0, 0.05) is 11.3 Å². The second-order valence-electron chi connectivity index (χ2n) is 6.71. The maximum absolute atomic E-state index is 12.9. The van der Waals surface area contributed by atoms with Gasteiger partial charge in [-0.1, -0.05) is 67.1 Å². The maximum Gasteiger partial charge on any atom is 0.348 e. The zero-order valence-electron chi connectivity index (χ0n) is 16.0. The third-order valence-corrected chi connectivity index (χ3v) is 5.64. The molecule has 3 rings (SSSR count). The van der Waals surface area contributed by atoms with Crippen LogP contribution < -0.4 is 4.90 Å². The Balaban J connectivity index is 2.05. The van der Waals surface area contributed by atoms with Crippen molar-refractivity contribution in [2.45, 2.75) is 33.2 Å². The number of rotatable bonds is 7. The molecular weight excluding hydrogens is 370 g/mol. The number of nitrogens with zero attached hydrogens (tertiary/aromatic N) is 1. The predicted molar refractivity (Wildman–Crippen MR) is 114 cm³/mol. The fraction of sp³-hybridized carbons (Fsp3) is 0.217. The summed E-state index contributed by atoms with van der Waals surface area (Å²) in [6.07, 6.45) is 1.09. The van der Waals surface area contributed by atoms with Gasteiger partial charge in [0.15, 0.2) is 0 Å². The summed E-state index contributed by atoms with van der Waals surface area (Å²) in [7, 11) is 0. The fourth-order valence-electron chi connectivity index (χ4n) is 3.01. The molecule has 0 aliphatic rings. The lowest BCUT2D eigenvalue weighted by Gasteiger charge is -2.22. The molecule has 0 bridgehead atoms. The Hall–Kier alpha value is -2.92. The van der Waals surface area contributed by atoms with Crippen molar-refractivity contribution in [2.24, 2.45) is 0 Å². The van der Waals surface area contributed by atoms with E-state index < -0.39 is 5.97 Å². The Morgan fingerprint density at radius 2 is 1.71 bits per heavy atom. The third-order valence-electron chi connectivity index (χ3n) is 4.48. The molecule has 1 heterocycles. The van der Waals surface area contributed by atoms with Gasteiger partial charge in [-0.3, -0.25) is 4.79 Å². The molecule has 1 N–H and O–H groups in total. The van der Waals surface area contributed by atoms with Gasteiger partial charge < -0.3 is 10.0 Å². The van der Waals surface area contributed by atoms with Crippen molar-refractivity contribution in [1.29, 1.82) is 0 Å². The normalized spacial score (nSPS) is 10.6. The van der Waals surface area contributed by atoms with Crippen LogP contribution in [0.15, 0.2) is 60.7 Å². The highest BCUT2D eigenvalue weighted by atomic mass is 32.1. The minimum Gasteiger partial charge on any atom is -0.477 e. The zero-order valence-corrected chi connectivity index (χ0v) is 16.8. The second kappa shape index (κ2) is 8.85. The second-order valence-corrected chi connectivity index (χ2v) is 7.76. The minimum absolute atomic E-state index is 0.0667. The monoisotopic (exact) mass is 393 g/mol. The number of benzene rings is 2. The lowest BCUT2D eigenvalue weighted by molar-refractivity contribution is -0.118. The first-order valence-corrected chi connectivity index (χ1v) is 10.1.